The van der Waals surface area contributed by atoms with Crippen LogP contribution in [0.15, 0.2) is 72.9 Å². The van der Waals surface area contributed by atoms with Crippen molar-refractivity contribution in [2.45, 2.75) is 26.4 Å². The van der Waals surface area contributed by atoms with E-state index in [2.05, 4.69) is 20.9 Å². The summed E-state index contributed by atoms with van der Waals surface area (Å²) >= 11 is 0. The van der Waals surface area contributed by atoms with E-state index >= 15 is 0 Å². The summed E-state index contributed by atoms with van der Waals surface area (Å²) < 4.78 is 5.69. The Morgan fingerprint density at radius 3 is 2.40 bits per heavy atom. The fourth-order valence-corrected chi connectivity index (χ4v) is 2.61. The Kier molecular flexibility index (Phi) is 7.00. The molecule has 3 N–H and O–H groups in total. The number of amides is 3. The number of aromatic nitrogens is 1. The molecular weight excluding hydrogens is 380 g/mol. The average Bonchev–Trinajstić information content (AvgIpc) is 2.76. The van der Waals surface area contributed by atoms with Gasteiger partial charge in [0.15, 0.2) is 0 Å². The van der Waals surface area contributed by atoms with E-state index in [-0.39, 0.29) is 0 Å². The van der Waals surface area contributed by atoms with Crippen LogP contribution in [0.3, 0.4) is 0 Å². The van der Waals surface area contributed by atoms with Gasteiger partial charge < -0.3 is 15.4 Å². The molecule has 1 aromatic heterocycles. The fraction of sp³-hybridized carbons (Fsp3) is 0.174. The minimum atomic E-state index is -0.599. The number of hydrogen-bond donors (Lipinski definition) is 3. The highest BCUT2D eigenvalue weighted by Crippen LogP contribution is 2.21. The van der Waals surface area contributed by atoms with Gasteiger partial charge >= 0.3 is 6.03 Å². The molecule has 0 aliphatic carbocycles. The van der Waals surface area contributed by atoms with Crippen molar-refractivity contribution in [2.75, 3.05) is 5.32 Å². The third-order valence-corrected chi connectivity index (χ3v) is 4.27. The van der Waals surface area contributed by atoms with Crippen LogP contribution in [0.2, 0.25) is 0 Å². The van der Waals surface area contributed by atoms with Crippen LogP contribution in [0.1, 0.15) is 18.1 Å². The van der Waals surface area contributed by atoms with E-state index in [1.165, 1.54) is 0 Å². The number of hydrogen-bond acceptors (Lipinski definition) is 5. The van der Waals surface area contributed by atoms with Gasteiger partial charge in [-0.15, -0.1) is 0 Å². The zero-order valence-electron chi connectivity index (χ0n) is 16.9. The summed E-state index contributed by atoms with van der Waals surface area (Å²) in [5, 5.41) is 8.05. The number of aryl methyl sites for hydroxylation is 1. The first-order valence-electron chi connectivity index (χ1n) is 9.59. The predicted octanol–water partition coefficient (Wildman–Crippen LogP) is 4.01. The van der Waals surface area contributed by atoms with Gasteiger partial charge in [0.25, 0.3) is 0 Å². The SMILES string of the molecule is Cc1ccc(Oc2ccc(NC(C)C(=O)NC(=O)NCc3ccccc3)cc2)nc1. The predicted molar refractivity (Wildman–Crippen MR) is 115 cm³/mol. The van der Waals surface area contributed by atoms with Gasteiger partial charge in [-0.1, -0.05) is 36.4 Å². The van der Waals surface area contributed by atoms with Crippen LogP contribution in [0.4, 0.5) is 10.5 Å². The second-order valence-electron chi connectivity index (χ2n) is 6.82. The number of imide groups is 1. The number of carbonyl (C=O) groups excluding carboxylic acids is 2. The lowest BCUT2D eigenvalue weighted by molar-refractivity contribution is -0.120. The van der Waals surface area contributed by atoms with Crippen LogP contribution < -0.4 is 20.7 Å². The Morgan fingerprint density at radius 1 is 1.00 bits per heavy atom. The smallest absolute Gasteiger partial charge is 0.321 e. The molecule has 3 amide bonds. The van der Waals surface area contributed by atoms with Crippen molar-refractivity contribution >= 4 is 17.6 Å². The van der Waals surface area contributed by atoms with Crippen LogP contribution in [0.5, 0.6) is 11.6 Å². The molecule has 0 spiro atoms. The molecule has 3 rings (SSSR count). The largest absolute Gasteiger partial charge is 0.439 e. The highest BCUT2D eigenvalue weighted by molar-refractivity contribution is 5.97. The standard InChI is InChI=1S/C23H24N4O3/c1-16-8-13-21(24-14-16)30-20-11-9-19(10-12-20)26-17(2)22(28)27-23(29)25-15-18-6-4-3-5-7-18/h3-14,17,26H,15H2,1-2H3,(H2,25,27,28,29). The van der Waals surface area contributed by atoms with Gasteiger partial charge in [0, 0.05) is 24.5 Å². The van der Waals surface area contributed by atoms with Crippen LogP contribution in [0, 0.1) is 6.92 Å². The summed E-state index contributed by atoms with van der Waals surface area (Å²) in [4.78, 5) is 28.4. The maximum atomic E-state index is 12.2. The second-order valence-corrected chi connectivity index (χ2v) is 6.82. The second kappa shape index (κ2) is 10.1. The van der Waals surface area contributed by atoms with Crippen molar-refractivity contribution in [2.24, 2.45) is 0 Å². The summed E-state index contributed by atoms with van der Waals surface area (Å²) in [5.41, 5.74) is 2.74. The minimum absolute atomic E-state index is 0.346. The van der Waals surface area contributed by atoms with Crippen molar-refractivity contribution in [3.05, 3.63) is 84.1 Å². The lowest BCUT2D eigenvalue weighted by atomic mass is 10.2. The molecular formula is C23H24N4O3. The highest BCUT2D eigenvalue weighted by atomic mass is 16.5. The molecule has 0 aliphatic heterocycles. The van der Waals surface area contributed by atoms with Crippen LogP contribution in [0.25, 0.3) is 0 Å². The quantitative estimate of drug-likeness (QED) is 0.553. The van der Waals surface area contributed by atoms with Crippen molar-refractivity contribution in [1.82, 2.24) is 15.6 Å². The molecule has 1 atom stereocenters. The van der Waals surface area contributed by atoms with E-state index < -0.39 is 18.0 Å². The van der Waals surface area contributed by atoms with Crippen LogP contribution in [-0.2, 0) is 11.3 Å². The summed E-state index contributed by atoms with van der Waals surface area (Å²) in [6.45, 7) is 3.99. The Labute approximate surface area is 175 Å². The van der Waals surface area contributed by atoms with Crippen LogP contribution in [-0.4, -0.2) is 23.0 Å². The molecule has 7 heteroatoms. The van der Waals surface area contributed by atoms with E-state index in [9.17, 15) is 9.59 Å². The van der Waals surface area contributed by atoms with Gasteiger partial charge in [0.2, 0.25) is 11.8 Å². The molecule has 0 radical (unpaired) electrons. The van der Waals surface area contributed by atoms with E-state index in [1.807, 2.05) is 43.3 Å². The number of benzene rings is 2. The van der Waals surface area contributed by atoms with Crippen molar-refractivity contribution in [3.63, 3.8) is 0 Å². The molecule has 0 bridgehead atoms. The summed E-state index contributed by atoms with van der Waals surface area (Å²) in [5.74, 6) is 0.717. The van der Waals surface area contributed by atoms with Crippen molar-refractivity contribution in [3.8, 4) is 11.6 Å². The third kappa shape index (κ3) is 6.34. The lowest BCUT2D eigenvalue weighted by Gasteiger charge is -2.15. The Morgan fingerprint density at radius 2 is 1.73 bits per heavy atom. The molecule has 1 heterocycles. The molecule has 2 aromatic carbocycles. The molecule has 0 saturated heterocycles. The summed E-state index contributed by atoms with van der Waals surface area (Å²) in [7, 11) is 0. The van der Waals surface area contributed by atoms with Gasteiger partial charge in [-0.05, 0) is 49.2 Å². The minimum Gasteiger partial charge on any atom is -0.439 e. The number of urea groups is 1. The Hall–Kier alpha value is -3.87. The molecule has 1 unspecified atom stereocenters. The van der Waals surface area contributed by atoms with E-state index in [4.69, 9.17) is 4.74 Å². The fourth-order valence-electron chi connectivity index (χ4n) is 2.61. The number of anilines is 1. The third-order valence-electron chi connectivity index (χ3n) is 4.27. The monoisotopic (exact) mass is 404 g/mol. The first kappa shape index (κ1) is 20.9. The van der Waals surface area contributed by atoms with E-state index in [0.29, 0.717) is 18.2 Å². The number of nitrogens with zero attached hydrogens (tertiary/aromatic N) is 1. The zero-order valence-corrected chi connectivity index (χ0v) is 16.9. The summed E-state index contributed by atoms with van der Waals surface area (Å²) in [6, 6.07) is 19.2. The Bertz CT molecular complexity index is 974. The topological polar surface area (TPSA) is 92.4 Å². The molecule has 0 fully saturated rings. The molecule has 3 aromatic rings. The maximum Gasteiger partial charge on any atom is 0.321 e. The lowest BCUT2D eigenvalue weighted by Crippen LogP contribution is -2.45. The van der Waals surface area contributed by atoms with E-state index in [0.717, 1.165) is 16.8 Å². The number of rotatable bonds is 7. The molecule has 154 valence electrons. The normalized spacial score (nSPS) is 11.3. The van der Waals surface area contributed by atoms with E-state index in [1.54, 1.807) is 43.5 Å². The maximum absolute atomic E-state index is 12.2. The average molecular weight is 404 g/mol. The number of ether oxygens (including phenoxy) is 1. The molecule has 0 saturated carbocycles. The van der Waals surface area contributed by atoms with Gasteiger partial charge in [-0.3, -0.25) is 10.1 Å². The first-order chi connectivity index (χ1) is 14.5. The van der Waals surface area contributed by atoms with Gasteiger partial charge in [0.1, 0.15) is 11.8 Å². The van der Waals surface area contributed by atoms with Gasteiger partial charge in [-0.25, -0.2) is 9.78 Å². The molecule has 0 aliphatic rings. The number of nitrogens with one attached hydrogen (secondary N) is 3. The number of pyridine rings is 1. The van der Waals surface area contributed by atoms with Crippen molar-refractivity contribution < 1.29 is 14.3 Å². The number of carbonyl (C=O) groups is 2. The molecule has 30 heavy (non-hydrogen) atoms. The van der Waals surface area contributed by atoms with Crippen LogP contribution >= 0.6 is 0 Å². The van der Waals surface area contributed by atoms with Gasteiger partial charge in [0.05, 0.1) is 0 Å². The summed E-state index contributed by atoms with van der Waals surface area (Å²) in [6.07, 6.45) is 1.74. The first-order valence-corrected chi connectivity index (χ1v) is 9.59. The highest BCUT2D eigenvalue weighted by Gasteiger charge is 2.15. The van der Waals surface area contributed by atoms with Crippen molar-refractivity contribution in [1.29, 1.82) is 0 Å². The van der Waals surface area contributed by atoms with Gasteiger partial charge in [-0.2, -0.15) is 0 Å². The Balaban J connectivity index is 1.46. The zero-order chi connectivity index (χ0) is 21.3. The molecule has 7 nitrogen and oxygen atoms in total.